The molecule has 0 aliphatic rings. The molecule has 3 aromatic heterocycles. The highest BCUT2D eigenvalue weighted by atomic mass is 19.3. The summed E-state index contributed by atoms with van der Waals surface area (Å²) in [4.78, 5) is 11.2. The number of aromatic nitrogens is 3. The van der Waals surface area contributed by atoms with Gasteiger partial charge in [0.1, 0.15) is 11.4 Å². The summed E-state index contributed by atoms with van der Waals surface area (Å²) < 4.78 is 32.6. The van der Waals surface area contributed by atoms with Crippen LogP contribution in [-0.2, 0) is 0 Å². The Balaban J connectivity index is 2.02. The van der Waals surface area contributed by atoms with E-state index in [0.717, 1.165) is 6.07 Å². The highest BCUT2D eigenvalue weighted by Crippen LogP contribution is 2.24. The molecular formula is C14H11F2N3O2. The van der Waals surface area contributed by atoms with E-state index in [1.54, 1.807) is 28.9 Å². The molecule has 3 rings (SSSR count). The molecule has 0 N–H and O–H groups in total. The Bertz CT molecular complexity index is 789. The SMILES string of the molecule is CCOc1ccc2nc(-c3cnc(OF)c(F)c3)cn2c1. The van der Waals surface area contributed by atoms with Crippen molar-refractivity contribution in [2.24, 2.45) is 0 Å². The van der Waals surface area contributed by atoms with Crippen LogP contribution in [-0.4, -0.2) is 21.0 Å². The van der Waals surface area contributed by atoms with Crippen LogP contribution in [0.15, 0.2) is 36.8 Å². The van der Waals surface area contributed by atoms with E-state index >= 15 is 0 Å². The van der Waals surface area contributed by atoms with Gasteiger partial charge >= 0.3 is 0 Å². The van der Waals surface area contributed by atoms with Crippen molar-refractivity contribution in [2.45, 2.75) is 6.92 Å². The standard InChI is InChI=1S/C14H11F2N3O2/c1-2-20-10-3-4-13-18-12(8-19(13)7-10)9-5-11(15)14(21-16)17-6-9/h3-8H,2H2,1H3. The fraction of sp³-hybridized carbons (Fsp3) is 0.143. The molecule has 5 nitrogen and oxygen atoms in total. The summed E-state index contributed by atoms with van der Waals surface area (Å²) >= 11 is 0. The predicted molar refractivity (Wildman–Crippen MR) is 71.3 cm³/mol. The Morgan fingerprint density at radius 3 is 2.86 bits per heavy atom. The van der Waals surface area contributed by atoms with Gasteiger partial charge in [0.2, 0.25) is 0 Å². The summed E-state index contributed by atoms with van der Waals surface area (Å²) in [5.41, 5.74) is 1.62. The average molecular weight is 291 g/mol. The van der Waals surface area contributed by atoms with Gasteiger partial charge in [-0.2, -0.15) is 0 Å². The van der Waals surface area contributed by atoms with Gasteiger partial charge in [-0.15, -0.1) is 0 Å². The molecule has 0 aromatic carbocycles. The van der Waals surface area contributed by atoms with E-state index in [1.165, 1.54) is 6.20 Å². The second kappa shape index (κ2) is 5.35. The van der Waals surface area contributed by atoms with Gasteiger partial charge in [0.05, 0.1) is 18.5 Å². The van der Waals surface area contributed by atoms with Crippen LogP contribution in [0.25, 0.3) is 16.9 Å². The Morgan fingerprint density at radius 1 is 1.29 bits per heavy atom. The van der Waals surface area contributed by atoms with E-state index in [0.29, 0.717) is 29.3 Å². The highest BCUT2D eigenvalue weighted by molar-refractivity contribution is 5.62. The summed E-state index contributed by atoms with van der Waals surface area (Å²) in [6.45, 7) is 2.46. The van der Waals surface area contributed by atoms with E-state index in [-0.39, 0.29) is 0 Å². The van der Waals surface area contributed by atoms with E-state index < -0.39 is 11.7 Å². The third kappa shape index (κ3) is 2.49. The maximum absolute atomic E-state index is 13.5. The molecular weight excluding hydrogens is 280 g/mol. The van der Waals surface area contributed by atoms with Crippen molar-refractivity contribution in [3.63, 3.8) is 0 Å². The monoisotopic (exact) mass is 291 g/mol. The first-order chi connectivity index (χ1) is 10.2. The number of ether oxygens (including phenoxy) is 1. The summed E-state index contributed by atoms with van der Waals surface area (Å²) in [5.74, 6) is -0.873. The fourth-order valence-corrected chi connectivity index (χ4v) is 1.98. The molecule has 21 heavy (non-hydrogen) atoms. The molecule has 3 heterocycles. The Morgan fingerprint density at radius 2 is 2.14 bits per heavy atom. The molecule has 0 spiro atoms. The zero-order valence-corrected chi connectivity index (χ0v) is 11.1. The van der Waals surface area contributed by atoms with Gasteiger partial charge < -0.3 is 9.14 Å². The maximum atomic E-state index is 13.5. The second-order valence-electron chi connectivity index (χ2n) is 4.28. The van der Waals surface area contributed by atoms with Gasteiger partial charge in [-0.1, -0.05) is 0 Å². The first kappa shape index (κ1) is 13.3. The Kier molecular flexibility index (Phi) is 3.39. The van der Waals surface area contributed by atoms with Gasteiger partial charge in [-0.3, -0.25) is 4.94 Å². The lowest BCUT2D eigenvalue weighted by molar-refractivity contribution is -0.0165. The molecule has 0 atom stereocenters. The Hall–Kier alpha value is -2.70. The van der Waals surface area contributed by atoms with E-state index in [9.17, 15) is 8.92 Å². The van der Waals surface area contributed by atoms with Gasteiger partial charge in [0, 0.05) is 22.5 Å². The molecule has 0 saturated heterocycles. The van der Waals surface area contributed by atoms with E-state index in [2.05, 4.69) is 14.9 Å². The van der Waals surface area contributed by atoms with Crippen LogP contribution in [0.5, 0.6) is 11.6 Å². The topological polar surface area (TPSA) is 48.7 Å². The second-order valence-corrected chi connectivity index (χ2v) is 4.28. The van der Waals surface area contributed by atoms with E-state index in [1.807, 2.05) is 6.92 Å². The minimum Gasteiger partial charge on any atom is -0.492 e. The molecule has 7 heteroatoms. The number of imidazole rings is 1. The first-order valence-electron chi connectivity index (χ1n) is 6.27. The van der Waals surface area contributed by atoms with Crippen LogP contribution in [0.2, 0.25) is 0 Å². The number of halogens is 2. The lowest BCUT2D eigenvalue weighted by Crippen LogP contribution is -1.93. The predicted octanol–water partition coefficient (Wildman–Crippen LogP) is 3.20. The first-order valence-corrected chi connectivity index (χ1v) is 6.27. The number of hydrogen-bond donors (Lipinski definition) is 0. The Labute approximate surface area is 118 Å². The number of rotatable bonds is 4. The van der Waals surface area contributed by atoms with Crippen LogP contribution < -0.4 is 9.68 Å². The third-order valence-corrected chi connectivity index (χ3v) is 2.91. The maximum Gasteiger partial charge on any atom is 0.298 e. The van der Waals surface area contributed by atoms with Crippen molar-refractivity contribution in [2.75, 3.05) is 6.61 Å². The van der Waals surface area contributed by atoms with Gasteiger partial charge in [0.25, 0.3) is 5.88 Å². The lowest BCUT2D eigenvalue weighted by Gasteiger charge is -2.02. The summed E-state index contributed by atoms with van der Waals surface area (Å²) in [5, 5.41) is 0. The fourth-order valence-electron chi connectivity index (χ4n) is 1.98. The van der Waals surface area contributed by atoms with Crippen LogP contribution in [0.3, 0.4) is 0 Å². The van der Waals surface area contributed by atoms with Crippen LogP contribution in [0, 0.1) is 5.82 Å². The number of nitrogens with zero attached hydrogens (tertiary/aromatic N) is 3. The highest BCUT2D eigenvalue weighted by Gasteiger charge is 2.11. The summed E-state index contributed by atoms with van der Waals surface area (Å²) in [7, 11) is 0. The number of fused-ring (bicyclic) bond motifs is 1. The number of hydrogen-bond acceptors (Lipinski definition) is 4. The van der Waals surface area contributed by atoms with E-state index in [4.69, 9.17) is 4.74 Å². The molecule has 0 bridgehead atoms. The van der Waals surface area contributed by atoms with Crippen molar-refractivity contribution in [3.05, 3.63) is 42.6 Å². The zero-order valence-electron chi connectivity index (χ0n) is 11.1. The third-order valence-electron chi connectivity index (χ3n) is 2.91. The van der Waals surface area contributed by atoms with Crippen molar-refractivity contribution in [1.82, 2.24) is 14.4 Å². The molecule has 0 aliphatic heterocycles. The van der Waals surface area contributed by atoms with Crippen LogP contribution >= 0.6 is 0 Å². The average Bonchev–Trinajstić information content (AvgIpc) is 2.90. The van der Waals surface area contributed by atoms with Gasteiger partial charge in [0.15, 0.2) is 5.82 Å². The van der Waals surface area contributed by atoms with Crippen molar-refractivity contribution in [1.29, 1.82) is 0 Å². The zero-order chi connectivity index (χ0) is 14.8. The van der Waals surface area contributed by atoms with Crippen molar-refractivity contribution in [3.8, 4) is 22.9 Å². The summed E-state index contributed by atoms with van der Waals surface area (Å²) in [6, 6.07) is 4.71. The molecule has 108 valence electrons. The molecule has 0 aliphatic carbocycles. The van der Waals surface area contributed by atoms with Gasteiger partial charge in [-0.05, 0) is 25.1 Å². The number of pyridine rings is 2. The molecule has 0 saturated carbocycles. The molecule has 0 amide bonds. The molecule has 3 aromatic rings. The largest absolute Gasteiger partial charge is 0.492 e. The minimum absolute atomic E-state index is 0.426. The minimum atomic E-state index is -0.887. The van der Waals surface area contributed by atoms with Crippen LogP contribution in [0.4, 0.5) is 8.92 Å². The van der Waals surface area contributed by atoms with Crippen LogP contribution in [0.1, 0.15) is 6.92 Å². The quantitative estimate of drug-likeness (QED) is 0.740. The molecule has 0 radical (unpaired) electrons. The molecule has 0 unspecified atom stereocenters. The lowest BCUT2D eigenvalue weighted by atomic mass is 10.2. The smallest absolute Gasteiger partial charge is 0.298 e. The van der Waals surface area contributed by atoms with Crippen molar-refractivity contribution >= 4 is 5.65 Å². The summed E-state index contributed by atoms with van der Waals surface area (Å²) in [6.07, 6.45) is 4.78. The van der Waals surface area contributed by atoms with Crippen molar-refractivity contribution < 1.29 is 18.6 Å². The van der Waals surface area contributed by atoms with Gasteiger partial charge in [-0.25, -0.2) is 14.4 Å². The molecule has 0 fully saturated rings. The normalized spacial score (nSPS) is 10.8.